The summed E-state index contributed by atoms with van der Waals surface area (Å²) in [7, 11) is 0. The van der Waals surface area contributed by atoms with Crippen molar-refractivity contribution in [1.29, 1.82) is 0 Å². The second-order valence-corrected chi connectivity index (χ2v) is 7.49. The Hall–Kier alpha value is -3.59. The quantitative estimate of drug-likeness (QED) is 0.397. The zero-order valence-electron chi connectivity index (χ0n) is 15.0. The Bertz CT molecular complexity index is 1220. The maximum absolute atomic E-state index is 12.7. The van der Waals surface area contributed by atoms with Crippen molar-refractivity contribution in [3.63, 3.8) is 0 Å². The average molecular weight is 406 g/mol. The van der Waals surface area contributed by atoms with Gasteiger partial charge in [-0.2, -0.15) is 0 Å². The van der Waals surface area contributed by atoms with Crippen LogP contribution in [0.5, 0.6) is 0 Å². The molecule has 1 saturated heterocycles. The molecule has 0 spiro atoms. The molecule has 1 aliphatic rings. The zero-order valence-corrected chi connectivity index (χ0v) is 15.8. The Kier molecular flexibility index (Phi) is 4.28. The number of hydrogen-bond acceptors (Lipinski definition) is 9. The van der Waals surface area contributed by atoms with E-state index in [1.54, 1.807) is 0 Å². The lowest BCUT2D eigenvalue weighted by Crippen LogP contribution is -2.24. The largest absolute Gasteiger partial charge is 0.464 e. The van der Waals surface area contributed by atoms with E-state index < -0.39 is 11.8 Å². The highest BCUT2D eigenvalue weighted by atomic mass is 32.1. The van der Waals surface area contributed by atoms with Gasteiger partial charge in [0.25, 0.3) is 11.7 Å². The normalized spacial score (nSPS) is 16.1. The molecule has 3 heterocycles. The van der Waals surface area contributed by atoms with E-state index in [-0.39, 0.29) is 22.9 Å². The highest BCUT2D eigenvalue weighted by Crippen LogP contribution is 2.29. The third-order valence-electron chi connectivity index (χ3n) is 4.54. The first-order valence-electron chi connectivity index (χ1n) is 8.95. The number of benzene rings is 2. The van der Waals surface area contributed by atoms with Crippen molar-refractivity contribution in [3.8, 4) is 11.1 Å². The molecule has 1 fully saturated rings. The Morgan fingerprint density at radius 1 is 1.10 bits per heavy atom. The minimum Gasteiger partial charge on any atom is -0.464 e. The van der Waals surface area contributed by atoms with Gasteiger partial charge in [-0.3, -0.25) is 4.79 Å². The van der Waals surface area contributed by atoms with Crippen LogP contribution in [-0.4, -0.2) is 39.6 Å². The highest BCUT2D eigenvalue weighted by molar-refractivity contribution is 7.20. The van der Waals surface area contributed by atoms with Crippen LogP contribution in [0, 0.1) is 0 Å². The summed E-state index contributed by atoms with van der Waals surface area (Å²) >= 11 is 1.27. The lowest BCUT2D eigenvalue weighted by atomic mass is 10.1. The molecule has 9 heteroatoms. The number of nitrogens with zero attached hydrogens (tertiary/aromatic N) is 3. The van der Waals surface area contributed by atoms with Crippen LogP contribution in [0.3, 0.4) is 0 Å². The molecule has 4 aromatic rings. The van der Waals surface area contributed by atoms with E-state index in [2.05, 4.69) is 20.5 Å². The lowest BCUT2D eigenvalue weighted by molar-refractivity contribution is -0.138. The summed E-state index contributed by atoms with van der Waals surface area (Å²) in [5.41, 5.74) is 2.87. The van der Waals surface area contributed by atoms with E-state index in [1.807, 2.05) is 48.5 Å². The van der Waals surface area contributed by atoms with Gasteiger partial charge >= 0.3 is 12.0 Å². The first-order valence-corrected chi connectivity index (χ1v) is 9.76. The van der Waals surface area contributed by atoms with E-state index in [9.17, 15) is 9.59 Å². The number of rotatable bonds is 5. The molecule has 0 bridgehead atoms. The summed E-state index contributed by atoms with van der Waals surface area (Å²) < 4.78 is 11.1. The Balaban J connectivity index is 1.39. The van der Waals surface area contributed by atoms with Crippen LogP contribution in [0.2, 0.25) is 0 Å². The molecule has 5 rings (SSSR count). The van der Waals surface area contributed by atoms with Gasteiger partial charge in [0.2, 0.25) is 0 Å². The van der Waals surface area contributed by atoms with Gasteiger partial charge in [-0.05, 0) is 23.3 Å². The van der Waals surface area contributed by atoms with Crippen LogP contribution in [0.15, 0.2) is 52.9 Å². The van der Waals surface area contributed by atoms with Crippen molar-refractivity contribution in [2.75, 3.05) is 11.9 Å². The van der Waals surface area contributed by atoms with Crippen molar-refractivity contribution in [2.45, 2.75) is 12.5 Å². The van der Waals surface area contributed by atoms with E-state index >= 15 is 0 Å². The van der Waals surface area contributed by atoms with Crippen LogP contribution >= 0.6 is 11.3 Å². The number of fused-ring (bicyclic) bond motifs is 1. The molecule has 2 aromatic carbocycles. The first kappa shape index (κ1) is 17.5. The van der Waals surface area contributed by atoms with Crippen molar-refractivity contribution in [1.82, 2.24) is 15.2 Å². The topological polar surface area (TPSA) is 107 Å². The molecule has 1 atom stereocenters. The van der Waals surface area contributed by atoms with Gasteiger partial charge in [0, 0.05) is 6.42 Å². The van der Waals surface area contributed by atoms with Crippen LogP contribution in [0.4, 0.5) is 6.01 Å². The number of aromatic nitrogens is 3. The number of nitrogens with one attached hydrogen (secondary N) is 1. The number of carbonyl (C=O) groups excluding carboxylic acids is 2. The van der Waals surface area contributed by atoms with Crippen LogP contribution < -0.4 is 5.32 Å². The maximum Gasteiger partial charge on any atom is 0.328 e. The van der Waals surface area contributed by atoms with Gasteiger partial charge in [0.1, 0.15) is 6.04 Å². The van der Waals surface area contributed by atoms with Gasteiger partial charge in [-0.25, -0.2) is 9.78 Å². The smallest absolute Gasteiger partial charge is 0.328 e. The molecule has 1 aliphatic heterocycles. The van der Waals surface area contributed by atoms with Crippen LogP contribution in [0.25, 0.3) is 21.3 Å². The Morgan fingerprint density at radius 3 is 2.76 bits per heavy atom. The van der Waals surface area contributed by atoms with Gasteiger partial charge in [-0.15, -0.1) is 16.4 Å². The van der Waals surface area contributed by atoms with Gasteiger partial charge in [-0.1, -0.05) is 41.5 Å². The fourth-order valence-electron chi connectivity index (χ4n) is 3.07. The zero-order chi connectivity index (χ0) is 19.8. The first-order chi connectivity index (χ1) is 14.2. The van der Waals surface area contributed by atoms with Gasteiger partial charge in [0.15, 0.2) is 5.01 Å². The molecule has 1 N–H and O–H groups in total. The summed E-state index contributed by atoms with van der Waals surface area (Å²) in [5.74, 6) is -1.01. The SMILES string of the molecule is O=C(c1nnc(NC2CCOC2=O)o1)c1nc2ccc(-c3ccccc3)cc2s1. The van der Waals surface area contributed by atoms with Gasteiger partial charge in [0.05, 0.1) is 16.8 Å². The fraction of sp³-hybridized carbons (Fsp3) is 0.150. The summed E-state index contributed by atoms with van der Waals surface area (Å²) in [6, 6.07) is 15.3. The van der Waals surface area contributed by atoms with Crippen molar-refractivity contribution in [3.05, 3.63) is 59.4 Å². The molecule has 144 valence electrons. The number of carbonyl (C=O) groups is 2. The second-order valence-electron chi connectivity index (χ2n) is 6.46. The predicted molar refractivity (Wildman–Crippen MR) is 106 cm³/mol. The maximum atomic E-state index is 12.7. The molecular weight excluding hydrogens is 392 g/mol. The third kappa shape index (κ3) is 3.36. The molecule has 8 nitrogen and oxygen atoms in total. The van der Waals surface area contributed by atoms with E-state index in [4.69, 9.17) is 9.15 Å². The molecule has 0 aliphatic carbocycles. The highest BCUT2D eigenvalue weighted by Gasteiger charge is 2.29. The van der Waals surface area contributed by atoms with Crippen LogP contribution in [-0.2, 0) is 9.53 Å². The molecule has 0 radical (unpaired) electrons. The van der Waals surface area contributed by atoms with Gasteiger partial charge < -0.3 is 14.5 Å². The summed E-state index contributed by atoms with van der Waals surface area (Å²) in [4.78, 5) is 28.6. The number of anilines is 1. The molecule has 0 amide bonds. The summed E-state index contributed by atoms with van der Waals surface area (Å²) in [5, 5.41) is 10.6. The van der Waals surface area contributed by atoms with E-state index in [1.165, 1.54) is 11.3 Å². The molecule has 1 unspecified atom stereocenters. The number of hydrogen-bond donors (Lipinski definition) is 1. The Labute approximate surface area is 168 Å². The standard InChI is InChI=1S/C20H14N4O4S/c25-16(17-23-24-20(28-17)22-14-8-9-27-19(14)26)18-21-13-7-6-12(10-15(13)29-18)11-4-2-1-3-5-11/h1-7,10,14H,8-9H2,(H,22,24). The number of esters is 1. The predicted octanol–water partition coefficient (Wildman–Crippen LogP) is 3.30. The summed E-state index contributed by atoms with van der Waals surface area (Å²) in [6.07, 6.45) is 0.506. The minimum atomic E-state index is -0.544. The minimum absolute atomic E-state index is 0.00433. The lowest BCUT2D eigenvalue weighted by Gasteiger charge is -2.03. The summed E-state index contributed by atoms with van der Waals surface area (Å²) in [6.45, 7) is 0.340. The molecule has 2 aromatic heterocycles. The number of cyclic esters (lactones) is 1. The fourth-order valence-corrected chi connectivity index (χ4v) is 4.01. The van der Waals surface area contributed by atoms with Crippen LogP contribution in [0.1, 0.15) is 22.1 Å². The number of ketones is 1. The van der Waals surface area contributed by atoms with Crippen molar-refractivity contribution < 1.29 is 18.7 Å². The average Bonchev–Trinajstić information content (AvgIpc) is 3.48. The van der Waals surface area contributed by atoms with E-state index in [0.717, 1.165) is 21.3 Å². The number of thiazole rings is 1. The molecular formula is C20H14N4O4S. The second kappa shape index (κ2) is 7.10. The van der Waals surface area contributed by atoms with Crippen molar-refractivity contribution in [2.24, 2.45) is 0 Å². The third-order valence-corrected chi connectivity index (χ3v) is 5.56. The van der Waals surface area contributed by atoms with Crippen molar-refractivity contribution >= 4 is 39.3 Å². The number of ether oxygens (including phenoxy) is 1. The molecule has 29 heavy (non-hydrogen) atoms. The monoisotopic (exact) mass is 406 g/mol. The molecule has 0 saturated carbocycles. The van der Waals surface area contributed by atoms with E-state index in [0.29, 0.717) is 13.0 Å². The Morgan fingerprint density at radius 2 is 1.97 bits per heavy atom.